The highest BCUT2D eigenvalue weighted by atomic mass is 16.5. The molecule has 0 amide bonds. The second-order valence-corrected chi connectivity index (χ2v) is 9.71. The number of nitriles is 1. The third kappa shape index (κ3) is 5.36. The van der Waals surface area contributed by atoms with Crippen molar-refractivity contribution in [1.82, 2.24) is 4.90 Å². The molecule has 1 fully saturated rings. The van der Waals surface area contributed by atoms with Crippen molar-refractivity contribution in [1.29, 1.82) is 5.26 Å². The van der Waals surface area contributed by atoms with Crippen LogP contribution in [0.4, 0.5) is 0 Å². The van der Waals surface area contributed by atoms with Crippen molar-refractivity contribution in [2.75, 3.05) is 13.1 Å². The van der Waals surface area contributed by atoms with E-state index in [0.717, 1.165) is 43.5 Å². The van der Waals surface area contributed by atoms with Crippen molar-refractivity contribution >= 4 is 0 Å². The van der Waals surface area contributed by atoms with Gasteiger partial charge >= 0.3 is 0 Å². The fourth-order valence-corrected chi connectivity index (χ4v) is 4.94. The first-order valence-electron chi connectivity index (χ1n) is 12.0. The van der Waals surface area contributed by atoms with E-state index in [2.05, 4.69) is 73.3 Å². The lowest BCUT2D eigenvalue weighted by Crippen LogP contribution is -2.44. The maximum absolute atomic E-state index is 10.5. The summed E-state index contributed by atoms with van der Waals surface area (Å²) in [5.41, 5.74) is 2.69. The van der Waals surface area contributed by atoms with Gasteiger partial charge in [-0.3, -0.25) is 4.90 Å². The molecule has 3 heteroatoms. The molecule has 33 heavy (non-hydrogen) atoms. The van der Waals surface area contributed by atoms with Crippen LogP contribution in [0, 0.1) is 11.3 Å². The van der Waals surface area contributed by atoms with Crippen LogP contribution < -0.4 is 0 Å². The molecule has 0 N–H and O–H groups in total. The van der Waals surface area contributed by atoms with Crippen LogP contribution in [-0.2, 0) is 16.8 Å². The second-order valence-electron chi connectivity index (χ2n) is 9.71. The third-order valence-corrected chi connectivity index (χ3v) is 7.17. The van der Waals surface area contributed by atoms with Crippen molar-refractivity contribution in [3.8, 4) is 6.07 Å². The summed E-state index contributed by atoms with van der Waals surface area (Å²) in [6.07, 6.45) is 3.01. The topological polar surface area (TPSA) is 36.3 Å². The Bertz CT molecular complexity index is 1000. The first-order valence-corrected chi connectivity index (χ1v) is 12.0. The van der Waals surface area contributed by atoms with Crippen LogP contribution in [0.15, 0.2) is 91.0 Å². The first-order chi connectivity index (χ1) is 16.0. The molecule has 3 nitrogen and oxygen atoms in total. The summed E-state index contributed by atoms with van der Waals surface area (Å²) in [5.74, 6) is 0. The van der Waals surface area contributed by atoms with Gasteiger partial charge in [0.1, 0.15) is 5.41 Å². The number of nitrogens with zero attached hydrogens (tertiary/aromatic N) is 2. The highest BCUT2D eigenvalue weighted by Gasteiger charge is 2.39. The molecule has 0 saturated carbocycles. The zero-order chi connectivity index (χ0) is 23.2. The summed E-state index contributed by atoms with van der Waals surface area (Å²) in [6, 6.07) is 33.6. The molecule has 0 aliphatic carbocycles. The van der Waals surface area contributed by atoms with E-state index in [9.17, 15) is 5.26 Å². The average molecular weight is 439 g/mol. The first kappa shape index (κ1) is 23.2. The van der Waals surface area contributed by atoms with E-state index in [4.69, 9.17) is 4.74 Å². The highest BCUT2D eigenvalue weighted by molar-refractivity contribution is 5.45. The second kappa shape index (κ2) is 10.3. The van der Waals surface area contributed by atoms with Gasteiger partial charge in [-0.2, -0.15) is 5.26 Å². The van der Waals surface area contributed by atoms with Gasteiger partial charge in [0, 0.05) is 18.6 Å². The molecule has 1 atom stereocenters. The molecule has 4 rings (SSSR count). The lowest BCUT2D eigenvalue weighted by atomic mass is 9.70. The molecule has 0 spiro atoms. The van der Waals surface area contributed by atoms with Gasteiger partial charge in [0.05, 0.1) is 18.8 Å². The Morgan fingerprint density at radius 2 is 1.39 bits per heavy atom. The third-order valence-electron chi connectivity index (χ3n) is 7.17. The number of ether oxygens (including phenoxy) is 1. The Kier molecular flexibility index (Phi) is 7.28. The number of benzene rings is 3. The number of hydrogen-bond acceptors (Lipinski definition) is 3. The van der Waals surface area contributed by atoms with Gasteiger partial charge in [0.2, 0.25) is 0 Å². The molecule has 0 bridgehead atoms. The standard InChI is InChI=1S/C30H34N2O/c1-29(2,32-21-18-28(22-32)33-23-25-12-6-3-7-13-25)19-20-30(24-31,26-14-8-4-9-15-26)27-16-10-5-11-17-27/h3-17,28H,18-23H2,1-2H3/t28-/m0/s1. The van der Waals surface area contributed by atoms with Gasteiger partial charge in [0.25, 0.3) is 0 Å². The molecule has 1 saturated heterocycles. The Balaban J connectivity index is 1.45. The van der Waals surface area contributed by atoms with Crippen LogP contribution in [0.2, 0.25) is 0 Å². The van der Waals surface area contributed by atoms with Gasteiger partial charge in [-0.1, -0.05) is 91.0 Å². The minimum absolute atomic E-state index is 0.0173. The van der Waals surface area contributed by atoms with E-state index in [-0.39, 0.29) is 11.6 Å². The van der Waals surface area contributed by atoms with Gasteiger partial charge < -0.3 is 4.74 Å². The Morgan fingerprint density at radius 1 is 0.848 bits per heavy atom. The van der Waals surface area contributed by atoms with Gasteiger partial charge in [-0.25, -0.2) is 0 Å². The lowest BCUT2D eigenvalue weighted by molar-refractivity contribution is 0.0341. The molecule has 3 aromatic carbocycles. The zero-order valence-corrected chi connectivity index (χ0v) is 19.8. The van der Waals surface area contributed by atoms with Crippen LogP contribution in [0.5, 0.6) is 0 Å². The summed E-state index contributed by atoms with van der Waals surface area (Å²) in [7, 11) is 0. The van der Waals surface area contributed by atoms with Crippen LogP contribution in [0.1, 0.15) is 49.8 Å². The van der Waals surface area contributed by atoms with E-state index >= 15 is 0 Å². The van der Waals surface area contributed by atoms with E-state index in [1.807, 2.05) is 42.5 Å². The van der Waals surface area contributed by atoms with Crippen LogP contribution in [0.3, 0.4) is 0 Å². The van der Waals surface area contributed by atoms with E-state index in [0.29, 0.717) is 6.61 Å². The van der Waals surface area contributed by atoms with Crippen LogP contribution in [0.25, 0.3) is 0 Å². The number of rotatable bonds is 9. The summed E-state index contributed by atoms with van der Waals surface area (Å²) >= 11 is 0. The Labute approximate surface area is 198 Å². The van der Waals surface area contributed by atoms with Crippen LogP contribution >= 0.6 is 0 Å². The normalized spacial score (nSPS) is 17.1. The molecule has 0 aromatic heterocycles. The predicted molar refractivity (Wildman–Crippen MR) is 134 cm³/mol. The SMILES string of the molecule is CC(C)(CCC(C#N)(c1ccccc1)c1ccccc1)N1CC[C@H](OCc2ccccc2)C1. The molecule has 0 radical (unpaired) electrons. The lowest BCUT2D eigenvalue weighted by Gasteiger charge is -2.38. The minimum Gasteiger partial charge on any atom is -0.372 e. The summed E-state index contributed by atoms with van der Waals surface area (Å²) in [5, 5.41) is 10.5. The van der Waals surface area contributed by atoms with Gasteiger partial charge in [-0.05, 0) is 49.8 Å². The van der Waals surface area contributed by atoms with Crippen LogP contribution in [-0.4, -0.2) is 29.6 Å². The fraction of sp³-hybridized carbons (Fsp3) is 0.367. The maximum atomic E-state index is 10.5. The number of likely N-dealkylation sites (tertiary alicyclic amines) is 1. The van der Waals surface area contributed by atoms with Gasteiger partial charge in [-0.15, -0.1) is 0 Å². The molecule has 3 aromatic rings. The molecular formula is C30H34N2O. The van der Waals surface area contributed by atoms with Crippen molar-refractivity contribution in [3.05, 3.63) is 108 Å². The number of hydrogen-bond donors (Lipinski definition) is 0. The Hall–Kier alpha value is -2.93. The van der Waals surface area contributed by atoms with E-state index < -0.39 is 5.41 Å². The monoisotopic (exact) mass is 438 g/mol. The van der Waals surface area contributed by atoms with Crippen molar-refractivity contribution < 1.29 is 4.74 Å². The van der Waals surface area contributed by atoms with E-state index in [1.165, 1.54) is 5.56 Å². The molecule has 0 unspecified atom stereocenters. The van der Waals surface area contributed by atoms with Crippen molar-refractivity contribution in [2.24, 2.45) is 0 Å². The fourth-order valence-electron chi connectivity index (χ4n) is 4.94. The smallest absolute Gasteiger partial charge is 0.107 e. The van der Waals surface area contributed by atoms with Crippen molar-refractivity contribution in [2.45, 2.75) is 56.8 Å². The Morgan fingerprint density at radius 3 is 1.94 bits per heavy atom. The molecule has 1 heterocycles. The molecule has 170 valence electrons. The average Bonchev–Trinajstić information content (AvgIpc) is 3.36. The molecule has 1 aliphatic rings. The highest BCUT2D eigenvalue weighted by Crippen LogP contribution is 2.39. The summed E-state index contributed by atoms with van der Waals surface area (Å²) < 4.78 is 6.23. The van der Waals surface area contributed by atoms with Crippen molar-refractivity contribution in [3.63, 3.8) is 0 Å². The van der Waals surface area contributed by atoms with Gasteiger partial charge in [0.15, 0.2) is 0 Å². The summed E-state index contributed by atoms with van der Waals surface area (Å²) in [4.78, 5) is 2.54. The predicted octanol–water partition coefficient (Wildman–Crippen LogP) is 6.35. The zero-order valence-electron chi connectivity index (χ0n) is 19.8. The minimum atomic E-state index is -0.650. The van der Waals surface area contributed by atoms with E-state index in [1.54, 1.807) is 0 Å². The maximum Gasteiger partial charge on any atom is 0.107 e. The molecule has 1 aliphatic heterocycles. The largest absolute Gasteiger partial charge is 0.372 e. The summed E-state index contributed by atoms with van der Waals surface area (Å²) in [6.45, 7) is 7.26. The quantitative estimate of drug-likeness (QED) is 0.391. The molecular weight excluding hydrogens is 404 g/mol.